The first-order valence-corrected chi connectivity index (χ1v) is 9.26. The molecule has 0 fully saturated rings. The van der Waals surface area contributed by atoms with E-state index in [1.807, 2.05) is 23.5 Å². The molecule has 4 aromatic rings. The van der Waals surface area contributed by atoms with Crippen molar-refractivity contribution in [1.29, 1.82) is 0 Å². The largest absolute Gasteiger partial charge is 0.342 e. The summed E-state index contributed by atoms with van der Waals surface area (Å²) < 4.78 is 1.29. The van der Waals surface area contributed by atoms with E-state index >= 15 is 0 Å². The lowest BCUT2D eigenvalue weighted by Gasteiger charge is -2.08. The molecule has 1 atom stereocenters. The molecule has 0 aliphatic heterocycles. The van der Waals surface area contributed by atoms with E-state index in [4.69, 9.17) is 9.97 Å². The number of rotatable bonds is 4. The van der Waals surface area contributed by atoms with Gasteiger partial charge in [-0.05, 0) is 36.2 Å². The lowest BCUT2D eigenvalue weighted by molar-refractivity contribution is 0.714. The van der Waals surface area contributed by atoms with Crippen molar-refractivity contribution in [2.75, 3.05) is 0 Å². The van der Waals surface area contributed by atoms with Crippen LogP contribution < -0.4 is 0 Å². The standard InChI is InChI=1S/C20H21N3S/c1-12(2)20-23-17-9-8-14(11-18(17)24-20)10-13(3)19-21-15-6-4-5-7-16(15)22-19/h4-9,11-13H,10H2,1-3H3,(H,21,22). The van der Waals surface area contributed by atoms with Gasteiger partial charge in [-0.2, -0.15) is 0 Å². The fraction of sp³-hybridized carbons (Fsp3) is 0.300. The Labute approximate surface area is 145 Å². The SMILES string of the molecule is CC(C)c1nc2ccc(CC(C)c3nc4ccccc4[nH]3)cc2s1. The number of hydrogen-bond acceptors (Lipinski definition) is 3. The summed E-state index contributed by atoms with van der Waals surface area (Å²) in [5, 5.41) is 1.22. The van der Waals surface area contributed by atoms with Crippen LogP contribution in [0.1, 0.15) is 49.0 Å². The van der Waals surface area contributed by atoms with Gasteiger partial charge in [0.2, 0.25) is 0 Å². The van der Waals surface area contributed by atoms with E-state index in [0.29, 0.717) is 11.8 Å². The highest BCUT2D eigenvalue weighted by Crippen LogP contribution is 2.29. The van der Waals surface area contributed by atoms with Crippen LogP contribution in [0.4, 0.5) is 0 Å². The van der Waals surface area contributed by atoms with Crippen LogP contribution in [0.2, 0.25) is 0 Å². The molecule has 0 saturated carbocycles. The first-order chi connectivity index (χ1) is 11.6. The molecule has 1 N–H and O–H groups in total. The Balaban J connectivity index is 1.60. The van der Waals surface area contributed by atoms with E-state index in [-0.39, 0.29) is 0 Å². The number of nitrogens with zero attached hydrogens (tertiary/aromatic N) is 2. The highest BCUT2D eigenvalue weighted by atomic mass is 32.1. The van der Waals surface area contributed by atoms with Gasteiger partial charge in [-0.3, -0.25) is 0 Å². The molecule has 2 heterocycles. The molecule has 0 aliphatic rings. The van der Waals surface area contributed by atoms with Crippen LogP contribution in [-0.4, -0.2) is 15.0 Å². The molecular formula is C20H21N3S. The number of H-pyrrole nitrogens is 1. The summed E-state index contributed by atoms with van der Waals surface area (Å²) >= 11 is 1.81. The fourth-order valence-corrected chi connectivity index (χ4v) is 4.05. The maximum absolute atomic E-state index is 4.73. The van der Waals surface area contributed by atoms with E-state index in [9.17, 15) is 0 Å². The van der Waals surface area contributed by atoms with Crippen molar-refractivity contribution >= 4 is 32.6 Å². The van der Waals surface area contributed by atoms with Crippen LogP contribution >= 0.6 is 11.3 Å². The number of para-hydroxylation sites is 2. The van der Waals surface area contributed by atoms with Crippen molar-refractivity contribution in [3.63, 3.8) is 0 Å². The Morgan fingerprint density at radius 2 is 1.83 bits per heavy atom. The topological polar surface area (TPSA) is 41.6 Å². The van der Waals surface area contributed by atoms with Gasteiger partial charge in [0.1, 0.15) is 5.82 Å². The summed E-state index contributed by atoms with van der Waals surface area (Å²) in [5.74, 6) is 1.90. The second kappa shape index (κ2) is 6.02. The summed E-state index contributed by atoms with van der Waals surface area (Å²) in [4.78, 5) is 12.9. The van der Waals surface area contributed by atoms with Crippen molar-refractivity contribution in [3.8, 4) is 0 Å². The number of hydrogen-bond donors (Lipinski definition) is 1. The third-order valence-corrected chi connectivity index (χ3v) is 5.70. The van der Waals surface area contributed by atoms with Crippen molar-refractivity contribution in [2.45, 2.75) is 39.0 Å². The maximum atomic E-state index is 4.73. The summed E-state index contributed by atoms with van der Waals surface area (Å²) in [7, 11) is 0. The molecule has 0 spiro atoms. The zero-order chi connectivity index (χ0) is 16.7. The molecule has 24 heavy (non-hydrogen) atoms. The Hall–Kier alpha value is -2.20. The molecule has 3 nitrogen and oxygen atoms in total. The number of aromatic nitrogens is 3. The van der Waals surface area contributed by atoms with Gasteiger partial charge < -0.3 is 4.98 Å². The first kappa shape index (κ1) is 15.3. The van der Waals surface area contributed by atoms with E-state index in [1.165, 1.54) is 15.3 Å². The molecule has 0 aliphatic carbocycles. The summed E-state index contributed by atoms with van der Waals surface area (Å²) in [6, 6.07) is 14.8. The maximum Gasteiger partial charge on any atom is 0.110 e. The molecule has 0 radical (unpaired) electrons. The molecule has 0 bridgehead atoms. The lowest BCUT2D eigenvalue weighted by atomic mass is 10.0. The quantitative estimate of drug-likeness (QED) is 0.524. The van der Waals surface area contributed by atoms with Gasteiger partial charge in [-0.25, -0.2) is 9.97 Å². The van der Waals surface area contributed by atoms with Crippen LogP contribution in [-0.2, 0) is 6.42 Å². The van der Waals surface area contributed by atoms with Crippen molar-refractivity contribution in [3.05, 3.63) is 58.9 Å². The van der Waals surface area contributed by atoms with Crippen LogP contribution in [0.3, 0.4) is 0 Å². The third-order valence-electron chi connectivity index (χ3n) is 4.38. The van der Waals surface area contributed by atoms with Gasteiger partial charge in [0.25, 0.3) is 0 Å². The highest BCUT2D eigenvalue weighted by molar-refractivity contribution is 7.18. The normalized spacial score (nSPS) is 13.2. The van der Waals surface area contributed by atoms with Gasteiger partial charge in [0.15, 0.2) is 0 Å². The first-order valence-electron chi connectivity index (χ1n) is 8.44. The van der Waals surface area contributed by atoms with Crippen molar-refractivity contribution in [2.24, 2.45) is 0 Å². The van der Waals surface area contributed by atoms with Gasteiger partial charge in [0, 0.05) is 11.8 Å². The molecule has 122 valence electrons. The minimum Gasteiger partial charge on any atom is -0.342 e. The minimum absolute atomic E-state index is 0.354. The molecule has 4 heteroatoms. The smallest absolute Gasteiger partial charge is 0.110 e. The number of benzene rings is 2. The number of imidazole rings is 1. The summed E-state index contributed by atoms with van der Waals surface area (Å²) in [6.07, 6.45) is 0.977. The highest BCUT2D eigenvalue weighted by Gasteiger charge is 2.13. The minimum atomic E-state index is 0.354. The Morgan fingerprint density at radius 1 is 1.00 bits per heavy atom. The van der Waals surface area contributed by atoms with E-state index < -0.39 is 0 Å². The molecule has 2 aromatic heterocycles. The molecular weight excluding hydrogens is 314 g/mol. The second-order valence-corrected chi connectivity index (χ2v) is 7.82. The van der Waals surface area contributed by atoms with Crippen molar-refractivity contribution in [1.82, 2.24) is 15.0 Å². The monoisotopic (exact) mass is 335 g/mol. The Bertz CT molecular complexity index is 963. The van der Waals surface area contributed by atoms with E-state index in [2.05, 4.69) is 56.1 Å². The number of nitrogens with one attached hydrogen (secondary N) is 1. The Kier molecular flexibility index (Phi) is 3.85. The van der Waals surface area contributed by atoms with Crippen LogP contribution in [0.25, 0.3) is 21.3 Å². The van der Waals surface area contributed by atoms with Gasteiger partial charge in [0.05, 0.1) is 26.3 Å². The predicted octanol–water partition coefficient (Wildman–Crippen LogP) is 5.64. The second-order valence-electron chi connectivity index (χ2n) is 6.75. The van der Waals surface area contributed by atoms with Crippen molar-refractivity contribution < 1.29 is 0 Å². The van der Waals surface area contributed by atoms with Crippen LogP contribution in [0.15, 0.2) is 42.5 Å². The Morgan fingerprint density at radius 3 is 2.62 bits per heavy atom. The van der Waals surface area contributed by atoms with E-state index in [0.717, 1.165) is 28.8 Å². The molecule has 1 unspecified atom stereocenters. The number of thiazole rings is 1. The molecule has 0 amide bonds. The lowest BCUT2D eigenvalue weighted by Crippen LogP contribution is -2.00. The zero-order valence-corrected chi connectivity index (χ0v) is 15.0. The average molecular weight is 335 g/mol. The van der Waals surface area contributed by atoms with E-state index in [1.54, 1.807) is 0 Å². The molecule has 0 saturated heterocycles. The number of aromatic amines is 1. The average Bonchev–Trinajstić information content (AvgIpc) is 3.18. The summed E-state index contributed by atoms with van der Waals surface area (Å²) in [5.41, 5.74) is 4.61. The van der Waals surface area contributed by atoms with Gasteiger partial charge in [-0.1, -0.05) is 39.0 Å². The molecule has 4 rings (SSSR count). The van der Waals surface area contributed by atoms with Gasteiger partial charge in [-0.15, -0.1) is 11.3 Å². The van der Waals surface area contributed by atoms with Gasteiger partial charge >= 0.3 is 0 Å². The van der Waals surface area contributed by atoms with Crippen LogP contribution in [0.5, 0.6) is 0 Å². The zero-order valence-electron chi connectivity index (χ0n) is 14.2. The summed E-state index contributed by atoms with van der Waals surface area (Å²) in [6.45, 7) is 6.62. The third kappa shape index (κ3) is 2.82. The fourth-order valence-electron chi connectivity index (χ4n) is 3.02. The number of fused-ring (bicyclic) bond motifs is 2. The van der Waals surface area contributed by atoms with Crippen LogP contribution in [0, 0.1) is 0 Å². The molecule has 2 aromatic carbocycles. The predicted molar refractivity (Wildman–Crippen MR) is 102 cm³/mol.